The number of likely N-dealkylation sites (N-methyl/N-ethyl adjacent to an activating group) is 2. The predicted molar refractivity (Wildman–Crippen MR) is 88.7 cm³/mol. The Labute approximate surface area is 137 Å². The molecule has 0 aliphatic rings. The van der Waals surface area contributed by atoms with E-state index in [-0.39, 0.29) is 28.3 Å². The molecule has 0 saturated carbocycles. The van der Waals surface area contributed by atoms with Crippen molar-refractivity contribution < 1.29 is 15.0 Å². The normalized spacial score (nSPS) is 12.5. The zero-order chi connectivity index (χ0) is 16.9. The lowest BCUT2D eigenvalue weighted by molar-refractivity contribution is 0.0713. The Bertz CT molecular complexity index is 520. The second kappa shape index (κ2) is 8.25. The maximum absolute atomic E-state index is 12.7. The van der Waals surface area contributed by atoms with Crippen LogP contribution in [0.15, 0.2) is 12.1 Å². The molecule has 6 heteroatoms. The van der Waals surface area contributed by atoms with Gasteiger partial charge in [-0.15, -0.1) is 0 Å². The van der Waals surface area contributed by atoms with Crippen molar-refractivity contribution >= 4 is 17.5 Å². The molecule has 0 fully saturated rings. The number of carbonyl (C=O) groups excluding carboxylic acids is 1. The first-order chi connectivity index (χ1) is 10.3. The van der Waals surface area contributed by atoms with E-state index in [0.29, 0.717) is 13.1 Å². The lowest BCUT2D eigenvalue weighted by atomic mass is 10.1. The zero-order valence-electron chi connectivity index (χ0n) is 13.6. The number of halogens is 1. The van der Waals surface area contributed by atoms with Gasteiger partial charge in [-0.3, -0.25) is 4.79 Å². The molecule has 2 N–H and O–H groups in total. The molecule has 124 valence electrons. The molecule has 0 unspecified atom stereocenters. The van der Waals surface area contributed by atoms with E-state index in [1.807, 2.05) is 21.0 Å². The highest BCUT2D eigenvalue weighted by molar-refractivity contribution is 6.35. The molecule has 5 nitrogen and oxygen atoms in total. The molecule has 22 heavy (non-hydrogen) atoms. The van der Waals surface area contributed by atoms with E-state index < -0.39 is 5.75 Å². The molecule has 1 atom stereocenters. The van der Waals surface area contributed by atoms with Gasteiger partial charge in [0.2, 0.25) is 0 Å². The third-order valence-electron chi connectivity index (χ3n) is 3.78. The molecule has 0 aromatic heterocycles. The van der Waals surface area contributed by atoms with Crippen LogP contribution in [0.2, 0.25) is 5.02 Å². The number of phenols is 2. The lowest BCUT2D eigenvalue weighted by Gasteiger charge is -2.31. The van der Waals surface area contributed by atoms with Crippen molar-refractivity contribution in [1.82, 2.24) is 9.80 Å². The number of rotatable bonds is 7. The van der Waals surface area contributed by atoms with Crippen molar-refractivity contribution in [3.63, 3.8) is 0 Å². The van der Waals surface area contributed by atoms with Crippen LogP contribution in [-0.4, -0.2) is 59.1 Å². The predicted octanol–water partition coefficient (Wildman–Crippen LogP) is 2.94. The molecule has 0 aliphatic heterocycles. The maximum atomic E-state index is 12.7. The highest BCUT2D eigenvalue weighted by atomic mass is 35.5. The van der Waals surface area contributed by atoms with Gasteiger partial charge in [-0.2, -0.15) is 0 Å². The van der Waals surface area contributed by atoms with E-state index in [1.54, 1.807) is 4.90 Å². The molecule has 1 rings (SSSR count). The fourth-order valence-electron chi connectivity index (χ4n) is 2.35. The van der Waals surface area contributed by atoms with Crippen LogP contribution < -0.4 is 0 Å². The van der Waals surface area contributed by atoms with Gasteiger partial charge >= 0.3 is 0 Å². The van der Waals surface area contributed by atoms with E-state index in [2.05, 4.69) is 11.8 Å². The molecule has 0 saturated heterocycles. The minimum atomic E-state index is -0.457. The highest BCUT2D eigenvalue weighted by Gasteiger charge is 2.23. The molecule has 1 aromatic carbocycles. The average molecular weight is 329 g/mol. The smallest absolute Gasteiger partial charge is 0.255 e. The van der Waals surface area contributed by atoms with Crippen LogP contribution in [0, 0.1) is 0 Å². The van der Waals surface area contributed by atoms with Crippen LogP contribution in [0.4, 0.5) is 0 Å². The minimum Gasteiger partial charge on any atom is -0.504 e. The largest absolute Gasteiger partial charge is 0.504 e. The zero-order valence-corrected chi connectivity index (χ0v) is 14.4. The number of hydrogen-bond donors (Lipinski definition) is 2. The molecule has 0 heterocycles. The Morgan fingerprint density at radius 1 is 1.27 bits per heavy atom. The summed E-state index contributed by atoms with van der Waals surface area (Å²) in [6.07, 6.45) is 2.03. The number of hydrogen-bond acceptors (Lipinski definition) is 4. The molecule has 0 aliphatic carbocycles. The van der Waals surface area contributed by atoms with Crippen LogP contribution in [-0.2, 0) is 0 Å². The monoisotopic (exact) mass is 328 g/mol. The van der Waals surface area contributed by atoms with Crippen molar-refractivity contribution in [2.75, 3.05) is 27.2 Å². The van der Waals surface area contributed by atoms with E-state index in [9.17, 15) is 15.0 Å². The summed E-state index contributed by atoms with van der Waals surface area (Å²) in [5, 5.41) is 19.0. The van der Waals surface area contributed by atoms with E-state index >= 15 is 0 Å². The van der Waals surface area contributed by atoms with Crippen molar-refractivity contribution in [1.29, 1.82) is 0 Å². The summed E-state index contributed by atoms with van der Waals surface area (Å²) >= 11 is 5.99. The summed E-state index contributed by atoms with van der Waals surface area (Å²) in [6, 6.07) is 2.98. The van der Waals surface area contributed by atoms with Gasteiger partial charge in [0, 0.05) is 19.1 Å². The number of carbonyl (C=O) groups is 1. The van der Waals surface area contributed by atoms with E-state index in [1.165, 1.54) is 12.1 Å². The van der Waals surface area contributed by atoms with Gasteiger partial charge in [-0.1, -0.05) is 24.9 Å². The summed E-state index contributed by atoms with van der Waals surface area (Å²) in [4.78, 5) is 16.5. The SMILES string of the molecule is CCC[C@H](CN(CC)C(=O)c1ccc(O)c(O)c1Cl)N(C)C. The molecule has 0 radical (unpaired) electrons. The van der Waals surface area contributed by atoms with Gasteiger partial charge in [0.1, 0.15) is 0 Å². The quantitative estimate of drug-likeness (QED) is 0.755. The number of aromatic hydroxyl groups is 2. The van der Waals surface area contributed by atoms with Crippen LogP contribution >= 0.6 is 11.6 Å². The fourth-order valence-corrected chi connectivity index (χ4v) is 2.59. The Morgan fingerprint density at radius 3 is 2.41 bits per heavy atom. The van der Waals surface area contributed by atoms with Crippen LogP contribution in [0.3, 0.4) is 0 Å². The van der Waals surface area contributed by atoms with Crippen LogP contribution in [0.5, 0.6) is 11.5 Å². The molecular weight excluding hydrogens is 304 g/mol. The Kier molecular flexibility index (Phi) is 6.97. The van der Waals surface area contributed by atoms with Gasteiger partial charge < -0.3 is 20.0 Å². The summed E-state index contributed by atoms with van der Waals surface area (Å²) in [5.74, 6) is -1.03. The van der Waals surface area contributed by atoms with Gasteiger partial charge in [0.15, 0.2) is 11.5 Å². The van der Waals surface area contributed by atoms with Crippen LogP contribution in [0.25, 0.3) is 0 Å². The molecular formula is C16H25ClN2O3. The first kappa shape index (κ1) is 18.6. The molecule has 1 amide bonds. The summed E-state index contributed by atoms with van der Waals surface area (Å²) in [6.45, 7) is 5.16. The van der Waals surface area contributed by atoms with E-state index in [4.69, 9.17) is 11.6 Å². The minimum absolute atomic E-state index is 0.111. The lowest BCUT2D eigenvalue weighted by Crippen LogP contribution is -2.43. The maximum Gasteiger partial charge on any atom is 0.255 e. The third-order valence-corrected chi connectivity index (χ3v) is 4.16. The molecule has 1 aromatic rings. The Balaban J connectivity index is 3.00. The first-order valence-corrected chi connectivity index (χ1v) is 7.87. The number of amides is 1. The van der Waals surface area contributed by atoms with Crippen molar-refractivity contribution in [3.05, 3.63) is 22.7 Å². The first-order valence-electron chi connectivity index (χ1n) is 7.49. The molecule has 0 spiro atoms. The van der Waals surface area contributed by atoms with Gasteiger partial charge in [0.05, 0.1) is 10.6 Å². The number of nitrogens with zero attached hydrogens (tertiary/aromatic N) is 2. The van der Waals surface area contributed by atoms with Gasteiger partial charge in [-0.05, 0) is 39.6 Å². The van der Waals surface area contributed by atoms with Crippen molar-refractivity contribution in [2.24, 2.45) is 0 Å². The van der Waals surface area contributed by atoms with Gasteiger partial charge in [-0.25, -0.2) is 0 Å². The van der Waals surface area contributed by atoms with Crippen molar-refractivity contribution in [2.45, 2.75) is 32.7 Å². The fraction of sp³-hybridized carbons (Fsp3) is 0.562. The van der Waals surface area contributed by atoms with Crippen LogP contribution in [0.1, 0.15) is 37.0 Å². The average Bonchev–Trinajstić information content (AvgIpc) is 2.48. The van der Waals surface area contributed by atoms with E-state index in [0.717, 1.165) is 12.8 Å². The Morgan fingerprint density at radius 2 is 1.91 bits per heavy atom. The highest BCUT2D eigenvalue weighted by Crippen LogP contribution is 2.35. The summed E-state index contributed by atoms with van der Waals surface area (Å²) in [5.41, 5.74) is 0.202. The molecule has 0 bridgehead atoms. The summed E-state index contributed by atoms with van der Waals surface area (Å²) in [7, 11) is 4.00. The summed E-state index contributed by atoms with van der Waals surface area (Å²) < 4.78 is 0. The second-order valence-electron chi connectivity index (χ2n) is 5.54. The Hall–Kier alpha value is -1.46. The topological polar surface area (TPSA) is 64.0 Å². The van der Waals surface area contributed by atoms with Crippen molar-refractivity contribution in [3.8, 4) is 11.5 Å². The second-order valence-corrected chi connectivity index (χ2v) is 5.92. The standard InChI is InChI=1S/C16H25ClN2O3/c1-5-7-11(18(3)4)10-19(6-2)16(22)12-8-9-13(20)15(21)14(12)17/h8-9,11,20-21H,5-7,10H2,1-4H3/t11-/m1/s1. The number of benzene rings is 1. The van der Waals surface area contributed by atoms with Gasteiger partial charge in [0.25, 0.3) is 5.91 Å². The third kappa shape index (κ3) is 4.27. The number of phenolic OH excluding ortho intramolecular Hbond substituents is 2.